The van der Waals surface area contributed by atoms with Crippen molar-refractivity contribution in [3.05, 3.63) is 12.2 Å². The number of hydrogen-bond acceptors (Lipinski definition) is 6. The zero-order chi connectivity index (χ0) is 34.2. The van der Waals surface area contributed by atoms with Crippen LogP contribution in [0.2, 0.25) is 0 Å². The molecule has 1 fully saturated rings. The Balaban J connectivity index is 1.80. The average molecular weight is 665 g/mol. The van der Waals surface area contributed by atoms with Crippen molar-refractivity contribution < 1.29 is 28.9 Å². The molecule has 1 heterocycles. The molecule has 1 aliphatic rings. The fourth-order valence-corrected chi connectivity index (χ4v) is 6.16. The first-order valence-corrected chi connectivity index (χ1v) is 20.2. The van der Waals surface area contributed by atoms with Crippen LogP contribution in [0.1, 0.15) is 201 Å². The number of esters is 2. The molecule has 0 aromatic carbocycles. The van der Waals surface area contributed by atoms with Crippen molar-refractivity contribution >= 4 is 11.9 Å². The highest BCUT2D eigenvalue weighted by Crippen LogP contribution is 2.30. The van der Waals surface area contributed by atoms with Gasteiger partial charge in [-0.2, -0.15) is 0 Å². The van der Waals surface area contributed by atoms with Crippen LogP contribution in [0.3, 0.4) is 0 Å². The third-order valence-corrected chi connectivity index (χ3v) is 9.35. The number of hydrogen-bond donors (Lipinski definition) is 1. The molecule has 6 nitrogen and oxygen atoms in total. The van der Waals surface area contributed by atoms with Gasteiger partial charge in [0.2, 0.25) is 0 Å². The first kappa shape index (κ1) is 43.6. The largest absolute Gasteiger partial charge is 0.463 e. The fourth-order valence-electron chi connectivity index (χ4n) is 6.16. The Bertz CT molecular complexity index is 750. The Morgan fingerprint density at radius 1 is 0.617 bits per heavy atom. The van der Waals surface area contributed by atoms with Gasteiger partial charge < -0.3 is 19.3 Å². The Kier molecular flexibility index (Phi) is 29.6. The molecule has 1 rings (SSSR count). The van der Waals surface area contributed by atoms with E-state index in [9.17, 15) is 14.7 Å². The van der Waals surface area contributed by atoms with E-state index >= 15 is 0 Å². The second-order valence-corrected chi connectivity index (χ2v) is 14.6. The van der Waals surface area contributed by atoms with Gasteiger partial charge in [0.25, 0.3) is 0 Å². The van der Waals surface area contributed by atoms with Crippen molar-refractivity contribution in [2.24, 2.45) is 5.92 Å². The lowest BCUT2D eigenvalue weighted by molar-refractivity contribution is -0.152. The second-order valence-electron chi connectivity index (χ2n) is 14.6. The highest BCUT2D eigenvalue weighted by Gasteiger charge is 2.36. The zero-order valence-corrected chi connectivity index (χ0v) is 31.2. The summed E-state index contributed by atoms with van der Waals surface area (Å²) in [6, 6.07) is 0. The van der Waals surface area contributed by atoms with Crippen LogP contribution in [0.4, 0.5) is 0 Å². The number of carbonyl (C=O) groups excluding carboxylic acids is 2. The molecule has 0 aliphatic carbocycles. The molecule has 2 unspecified atom stereocenters. The van der Waals surface area contributed by atoms with Gasteiger partial charge in [-0.25, -0.2) is 0 Å². The van der Waals surface area contributed by atoms with E-state index in [-0.39, 0.29) is 25.2 Å². The smallest absolute Gasteiger partial charge is 0.305 e. The summed E-state index contributed by atoms with van der Waals surface area (Å²) in [6.07, 6.45) is 37.2. The average Bonchev–Trinajstić information content (AvgIpc) is 3.81. The highest BCUT2D eigenvalue weighted by atomic mass is 16.6. The molecular weight excluding hydrogens is 588 g/mol. The lowest BCUT2D eigenvalue weighted by atomic mass is 10.0. The number of ether oxygens (including phenoxy) is 3. The molecule has 0 bridgehead atoms. The normalized spacial score (nSPS) is 16.6. The highest BCUT2D eigenvalue weighted by molar-refractivity contribution is 5.69. The lowest BCUT2D eigenvalue weighted by Gasteiger charge is -2.12. The summed E-state index contributed by atoms with van der Waals surface area (Å²) >= 11 is 0. The Morgan fingerprint density at radius 3 is 1.57 bits per heavy atom. The van der Waals surface area contributed by atoms with Crippen molar-refractivity contribution in [1.82, 2.24) is 0 Å². The first-order chi connectivity index (χ1) is 22.9. The van der Waals surface area contributed by atoms with Gasteiger partial charge in [0.1, 0.15) is 19.3 Å². The number of carbonyl (C=O) groups is 2. The number of aliphatic hydroxyl groups is 1. The zero-order valence-electron chi connectivity index (χ0n) is 31.2. The number of unbranched alkanes of at least 4 members (excludes halogenated alkanes) is 20. The number of allylic oxidation sites excluding steroid dienone is 1. The minimum absolute atomic E-state index is 0.120. The van der Waals surface area contributed by atoms with Crippen LogP contribution in [0.5, 0.6) is 0 Å². The maximum Gasteiger partial charge on any atom is 0.305 e. The van der Waals surface area contributed by atoms with Crippen molar-refractivity contribution in [2.45, 2.75) is 219 Å². The summed E-state index contributed by atoms with van der Waals surface area (Å²) in [5.41, 5.74) is 0. The summed E-state index contributed by atoms with van der Waals surface area (Å²) in [7, 11) is 0. The molecule has 1 saturated heterocycles. The van der Waals surface area contributed by atoms with Gasteiger partial charge in [0.05, 0.1) is 12.2 Å². The van der Waals surface area contributed by atoms with E-state index in [1.807, 2.05) is 0 Å². The van der Waals surface area contributed by atoms with Crippen LogP contribution in [0.25, 0.3) is 0 Å². The summed E-state index contributed by atoms with van der Waals surface area (Å²) in [5, 5.41) is 10.0. The van der Waals surface area contributed by atoms with Crippen molar-refractivity contribution in [3.63, 3.8) is 0 Å². The standard InChI is InChI=1S/C41H76O6/c1-4-5-6-7-20-25-30-38-39(47-38)31-26-21-18-23-28-33-41(44)46-35-37(42)34-45-40(43)32-27-22-17-15-13-11-9-8-10-12-14-16-19-24-29-36(2)3/h20,25,36-39,42H,4-19,21-24,26-35H2,1-3H3/b25-20-/t37-,38?,39?/m1/s1. The predicted molar refractivity (Wildman–Crippen MR) is 196 cm³/mol. The van der Waals surface area contributed by atoms with E-state index in [1.165, 1.54) is 109 Å². The Labute approximate surface area is 290 Å². The van der Waals surface area contributed by atoms with Crippen LogP contribution in [-0.4, -0.2) is 48.6 Å². The van der Waals surface area contributed by atoms with Crippen LogP contribution >= 0.6 is 0 Å². The molecule has 0 aromatic heterocycles. The summed E-state index contributed by atoms with van der Waals surface area (Å²) in [4.78, 5) is 24.0. The monoisotopic (exact) mass is 665 g/mol. The first-order valence-electron chi connectivity index (χ1n) is 20.2. The van der Waals surface area contributed by atoms with Crippen LogP contribution in [0.15, 0.2) is 12.2 Å². The molecule has 1 aliphatic heterocycles. The van der Waals surface area contributed by atoms with Crippen molar-refractivity contribution in [1.29, 1.82) is 0 Å². The van der Waals surface area contributed by atoms with Crippen molar-refractivity contribution in [3.8, 4) is 0 Å². The third kappa shape index (κ3) is 30.4. The predicted octanol–water partition coefficient (Wildman–Crippen LogP) is 11.4. The lowest BCUT2D eigenvalue weighted by Crippen LogP contribution is -2.25. The van der Waals surface area contributed by atoms with E-state index in [2.05, 4.69) is 32.9 Å². The SMILES string of the molecule is CCCCC/C=C\CC1OC1CCCCCCCC(=O)OC[C@H](O)COC(=O)CCCCCCCCCCCCCCCCC(C)C. The van der Waals surface area contributed by atoms with E-state index in [0.717, 1.165) is 63.7 Å². The number of rotatable bonds is 35. The van der Waals surface area contributed by atoms with Gasteiger partial charge >= 0.3 is 11.9 Å². The van der Waals surface area contributed by atoms with E-state index in [4.69, 9.17) is 14.2 Å². The quantitative estimate of drug-likeness (QED) is 0.0314. The minimum Gasteiger partial charge on any atom is -0.463 e. The molecule has 0 radical (unpaired) electrons. The molecule has 276 valence electrons. The van der Waals surface area contributed by atoms with Crippen molar-refractivity contribution in [2.75, 3.05) is 13.2 Å². The summed E-state index contributed by atoms with van der Waals surface area (Å²) in [6.45, 7) is 6.62. The second kappa shape index (κ2) is 31.8. The van der Waals surface area contributed by atoms with E-state index < -0.39 is 6.10 Å². The number of epoxide rings is 1. The molecule has 0 aromatic rings. The van der Waals surface area contributed by atoms with Crippen LogP contribution in [0, 0.1) is 5.92 Å². The van der Waals surface area contributed by atoms with Gasteiger partial charge in [0, 0.05) is 12.8 Å². The van der Waals surface area contributed by atoms with E-state index in [1.54, 1.807) is 0 Å². The van der Waals surface area contributed by atoms with Gasteiger partial charge in [-0.3, -0.25) is 9.59 Å². The Hall–Kier alpha value is -1.40. The van der Waals surface area contributed by atoms with Gasteiger partial charge in [-0.15, -0.1) is 0 Å². The molecule has 6 heteroatoms. The van der Waals surface area contributed by atoms with Gasteiger partial charge in [-0.1, -0.05) is 161 Å². The summed E-state index contributed by atoms with van der Waals surface area (Å²) in [5.74, 6) is 0.270. The molecule has 0 spiro atoms. The maximum atomic E-state index is 12.0. The summed E-state index contributed by atoms with van der Waals surface area (Å²) < 4.78 is 16.1. The molecule has 3 atom stereocenters. The van der Waals surface area contributed by atoms with Crippen LogP contribution in [-0.2, 0) is 23.8 Å². The maximum absolute atomic E-state index is 12.0. The Morgan fingerprint density at radius 2 is 1.09 bits per heavy atom. The van der Waals surface area contributed by atoms with Gasteiger partial charge in [0.15, 0.2) is 0 Å². The van der Waals surface area contributed by atoms with Gasteiger partial charge in [-0.05, 0) is 44.4 Å². The topological polar surface area (TPSA) is 85.4 Å². The molecular formula is C41H76O6. The number of aliphatic hydroxyl groups excluding tert-OH is 1. The minimum atomic E-state index is -0.970. The van der Waals surface area contributed by atoms with E-state index in [0.29, 0.717) is 25.0 Å². The third-order valence-electron chi connectivity index (χ3n) is 9.35. The molecule has 0 saturated carbocycles. The molecule has 0 amide bonds. The van der Waals surface area contributed by atoms with Crippen LogP contribution < -0.4 is 0 Å². The molecule has 1 N–H and O–H groups in total. The molecule has 47 heavy (non-hydrogen) atoms. The fraction of sp³-hybridized carbons (Fsp3) is 0.902.